The second kappa shape index (κ2) is 10.1. The first-order valence-electron chi connectivity index (χ1n) is 8.73. The summed E-state index contributed by atoms with van der Waals surface area (Å²) in [5.74, 6) is 1.17. The summed E-state index contributed by atoms with van der Waals surface area (Å²) < 4.78 is 0. The van der Waals surface area contributed by atoms with E-state index in [9.17, 15) is 4.79 Å². The lowest BCUT2D eigenvalue weighted by Crippen LogP contribution is -2.50. The van der Waals surface area contributed by atoms with E-state index in [1.807, 2.05) is 17.0 Å². The van der Waals surface area contributed by atoms with Gasteiger partial charge in [-0.15, -0.1) is 29.9 Å². The first-order chi connectivity index (χ1) is 11.2. The first-order valence-corrected chi connectivity index (χ1v) is 8.73. The minimum atomic E-state index is 0. The van der Waals surface area contributed by atoms with Crippen LogP contribution in [-0.4, -0.2) is 53.7 Å². The van der Waals surface area contributed by atoms with Crippen LogP contribution in [0.25, 0.3) is 0 Å². The molecule has 1 aliphatic carbocycles. The fraction of sp³-hybridized carbons (Fsp3) is 0.706. The maximum atomic E-state index is 12.7. The summed E-state index contributed by atoms with van der Waals surface area (Å²) in [6.45, 7) is 3.80. The van der Waals surface area contributed by atoms with Gasteiger partial charge in [0.15, 0.2) is 5.82 Å². The zero-order valence-corrected chi connectivity index (χ0v) is 16.2. The molecule has 2 N–H and O–H groups in total. The van der Waals surface area contributed by atoms with Gasteiger partial charge in [0.2, 0.25) is 5.91 Å². The quantitative estimate of drug-likeness (QED) is 0.854. The van der Waals surface area contributed by atoms with Gasteiger partial charge >= 0.3 is 0 Å². The summed E-state index contributed by atoms with van der Waals surface area (Å²) in [5, 5.41) is 8.07. The molecule has 6 nitrogen and oxygen atoms in total. The van der Waals surface area contributed by atoms with Crippen molar-refractivity contribution in [3.05, 3.63) is 18.3 Å². The van der Waals surface area contributed by atoms with Gasteiger partial charge < -0.3 is 15.5 Å². The predicted octanol–water partition coefficient (Wildman–Crippen LogP) is 2.27. The zero-order valence-electron chi connectivity index (χ0n) is 14.6. The van der Waals surface area contributed by atoms with Crippen molar-refractivity contribution in [1.29, 1.82) is 0 Å². The van der Waals surface area contributed by atoms with Gasteiger partial charge in [0.25, 0.3) is 0 Å². The molecule has 1 aromatic rings. The monoisotopic (exact) mass is 389 g/mol. The van der Waals surface area contributed by atoms with Crippen LogP contribution in [0, 0.1) is 5.41 Å². The zero-order chi connectivity index (χ0) is 16.1. The minimum Gasteiger partial charge on any atom is -0.352 e. The van der Waals surface area contributed by atoms with Crippen molar-refractivity contribution in [3.63, 3.8) is 0 Å². The molecule has 1 saturated carbocycles. The molecule has 1 saturated heterocycles. The molecule has 8 heteroatoms. The van der Waals surface area contributed by atoms with E-state index in [0.29, 0.717) is 13.0 Å². The number of rotatable bonds is 4. The minimum absolute atomic E-state index is 0. The summed E-state index contributed by atoms with van der Waals surface area (Å²) in [7, 11) is 0. The number of amides is 1. The van der Waals surface area contributed by atoms with Crippen LogP contribution in [0.1, 0.15) is 38.5 Å². The van der Waals surface area contributed by atoms with E-state index in [0.717, 1.165) is 44.8 Å². The van der Waals surface area contributed by atoms with E-state index >= 15 is 0 Å². The van der Waals surface area contributed by atoms with Gasteiger partial charge in [0.05, 0.1) is 0 Å². The number of aromatic nitrogens is 2. The fourth-order valence-electron chi connectivity index (χ4n) is 3.83. The highest BCUT2D eigenvalue weighted by atomic mass is 35.5. The molecule has 1 aromatic heterocycles. The van der Waals surface area contributed by atoms with E-state index in [-0.39, 0.29) is 36.1 Å². The number of nitrogens with zero attached hydrogens (tertiary/aromatic N) is 4. The summed E-state index contributed by atoms with van der Waals surface area (Å²) in [5.41, 5.74) is 6.07. The van der Waals surface area contributed by atoms with Crippen LogP contribution in [0.3, 0.4) is 0 Å². The van der Waals surface area contributed by atoms with E-state index in [2.05, 4.69) is 15.1 Å². The third kappa shape index (κ3) is 5.43. The Bertz CT molecular complexity index is 517. The van der Waals surface area contributed by atoms with Gasteiger partial charge in [0, 0.05) is 38.8 Å². The average Bonchev–Trinajstić information content (AvgIpc) is 2.63. The maximum Gasteiger partial charge on any atom is 0.223 e. The normalized spacial score (nSPS) is 19.6. The number of anilines is 1. The average molecular weight is 390 g/mol. The van der Waals surface area contributed by atoms with Crippen molar-refractivity contribution in [2.45, 2.75) is 38.5 Å². The Morgan fingerprint density at radius 3 is 2.36 bits per heavy atom. The van der Waals surface area contributed by atoms with Gasteiger partial charge in [-0.05, 0) is 36.9 Å². The topological polar surface area (TPSA) is 75.4 Å². The number of nitrogens with two attached hydrogens (primary N) is 1. The highest BCUT2D eigenvalue weighted by Gasteiger charge is 2.35. The number of carbonyl (C=O) groups is 1. The third-order valence-electron chi connectivity index (χ3n) is 5.39. The Balaban J connectivity index is 0.00000156. The molecule has 25 heavy (non-hydrogen) atoms. The van der Waals surface area contributed by atoms with E-state index in [1.54, 1.807) is 6.20 Å². The largest absolute Gasteiger partial charge is 0.352 e. The van der Waals surface area contributed by atoms with Crippen molar-refractivity contribution in [1.82, 2.24) is 15.1 Å². The maximum absolute atomic E-state index is 12.7. The SMILES string of the molecule is Cl.Cl.NCC1(CC(=O)N2CCN(c3cccnn3)CC2)CCCCC1. The second-order valence-corrected chi connectivity index (χ2v) is 6.89. The predicted molar refractivity (Wildman–Crippen MR) is 105 cm³/mol. The molecular weight excluding hydrogens is 361 g/mol. The van der Waals surface area contributed by atoms with Crippen LogP contribution in [0.5, 0.6) is 0 Å². The molecule has 0 spiro atoms. The highest BCUT2D eigenvalue weighted by molar-refractivity contribution is 5.85. The summed E-state index contributed by atoms with van der Waals surface area (Å²) in [4.78, 5) is 16.9. The molecule has 1 aliphatic heterocycles. The molecule has 3 rings (SSSR count). The molecule has 2 fully saturated rings. The Kier molecular flexibility index (Phi) is 8.89. The van der Waals surface area contributed by atoms with Crippen molar-refractivity contribution >= 4 is 36.5 Å². The highest BCUT2D eigenvalue weighted by Crippen LogP contribution is 2.38. The number of hydrogen-bond acceptors (Lipinski definition) is 5. The van der Waals surface area contributed by atoms with Crippen LogP contribution in [0.15, 0.2) is 18.3 Å². The molecule has 0 bridgehead atoms. The number of piperazine rings is 1. The Morgan fingerprint density at radius 1 is 1.12 bits per heavy atom. The molecule has 0 aromatic carbocycles. The van der Waals surface area contributed by atoms with Crippen LogP contribution in [-0.2, 0) is 4.79 Å². The Hall–Kier alpha value is -1.11. The summed E-state index contributed by atoms with van der Waals surface area (Å²) in [6, 6.07) is 3.86. The molecule has 0 atom stereocenters. The van der Waals surface area contributed by atoms with Gasteiger partial charge in [0.1, 0.15) is 0 Å². The summed E-state index contributed by atoms with van der Waals surface area (Å²) in [6.07, 6.45) is 8.22. The van der Waals surface area contributed by atoms with Gasteiger partial charge in [-0.25, -0.2) is 0 Å². The molecule has 142 valence electrons. The van der Waals surface area contributed by atoms with Crippen molar-refractivity contribution < 1.29 is 4.79 Å². The van der Waals surface area contributed by atoms with E-state index in [1.165, 1.54) is 19.3 Å². The lowest BCUT2D eigenvalue weighted by Gasteiger charge is -2.40. The number of hydrogen-bond donors (Lipinski definition) is 1. The lowest BCUT2D eigenvalue weighted by molar-refractivity contribution is -0.134. The Morgan fingerprint density at radius 2 is 1.80 bits per heavy atom. The lowest BCUT2D eigenvalue weighted by atomic mass is 9.71. The van der Waals surface area contributed by atoms with Crippen molar-refractivity contribution in [3.8, 4) is 0 Å². The van der Waals surface area contributed by atoms with Crippen LogP contribution >= 0.6 is 24.8 Å². The smallest absolute Gasteiger partial charge is 0.223 e. The molecular formula is C17H29Cl2N5O. The van der Waals surface area contributed by atoms with Crippen molar-refractivity contribution in [2.24, 2.45) is 11.1 Å². The van der Waals surface area contributed by atoms with Gasteiger partial charge in [-0.1, -0.05) is 19.3 Å². The van der Waals surface area contributed by atoms with Crippen LogP contribution in [0.4, 0.5) is 5.82 Å². The number of carbonyl (C=O) groups excluding carboxylic acids is 1. The fourth-order valence-corrected chi connectivity index (χ4v) is 3.83. The second-order valence-electron chi connectivity index (χ2n) is 6.89. The summed E-state index contributed by atoms with van der Waals surface area (Å²) >= 11 is 0. The van der Waals surface area contributed by atoms with Crippen molar-refractivity contribution in [2.75, 3.05) is 37.6 Å². The Labute approximate surface area is 162 Å². The van der Waals surface area contributed by atoms with Gasteiger partial charge in [-0.3, -0.25) is 4.79 Å². The first kappa shape index (κ1) is 21.9. The number of halogens is 2. The molecule has 2 aliphatic rings. The standard InChI is InChI=1S/C17H27N5O.2ClH/c18-14-17(6-2-1-3-7-17)13-16(23)22-11-9-21(10-12-22)15-5-4-8-19-20-15;;/h4-5,8H,1-3,6-7,9-14,18H2;2*1H. The molecule has 1 amide bonds. The third-order valence-corrected chi connectivity index (χ3v) is 5.39. The molecule has 2 heterocycles. The van der Waals surface area contributed by atoms with E-state index in [4.69, 9.17) is 5.73 Å². The van der Waals surface area contributed by atoms with E-state index < -0.39 is 0 Å². The molecule has 0 radical (unpaired) electrons. The van der Waals surface area contributed by atoms with Crippen LogP contribution < -0.4 is 10.6 Å². The van der Waals surface area contributed by atoms with Crippen LogP contribution in [0.2, 0.25) is 0 Å². The van der Waals surface area contributed by atoms with Gasteiger partial charge in [-0.2, -0.15) is 5.10 Å². The molecule has 0 unspecified atom stereocenters.